The quantitative estimate of drug-likeness (QED) is 0.879. The van der Waals surface area contributed by atoms with E-state index in [1.54, 1.807) is 30.3 Å². The first kappa shape index (κ1) is 14.2. The number of rotatable bonds is 2. The van der Waals surface area contributed by atoms with Gasteiger partial charge in [-0.1, -0.05) is 18.2 Å². The molecule has 7 heteroatoms. The van der Waals surface area contributed by atoms with E-state index in [2.05, 4.69) is 4.98 Å². The molecule has 0 radical (unpaired) electrons. The van der Waals surface area contributed by atoms with Crippen LogP contribution in [-0.4, -0.2) is 22.8 Å². The molecular formula is C13H10F3N3O. The summed E-state index contributed by atoms with van der Waals surface area (Å²) in [6, 6.07) is 9.05. The number of hydrogen-bond acceptors (Lipinski definition) is 4. The number of pyridine rings is 1. The molecule has 1 aromatic carbocycles. The lowest BCUT2D eigenvalue weighted by atomic mass is 9.90. The van der Waals surface area contributed by atoms with Crippen molar-refractivity contribution >= 4 is 10.9 Å². The lowest BCUT2D eigenvalue weighted by Crippen LogP contribution is -2.49. The van der Waals surface area contributed by atoms with E-state index in [4.69, 9.17) is 11.0 Å². The molecule has 0 aliphatic rings. The van der Waals surface area contributed by atoms with Gasteiger partial charge in [0.05, 0.1) is 5.52 Å². The van der Waals surface area contributed by atoms with Crippen LogP contribution in [0.2, 0.25) is 0 Å². The van der Waals surface area contributed by atoms with Crippen LogP contribution < -0.4 is 5.73 Å². The maximum atomic E-state index is 13.0. The molecule has 0 bridgehead atoms. The Morgan fingerprint density at radius 2 is 1.95 bits per heavy atom. The van der Waals surface area contributed by atoms with Crippen LogP contribution in [0.4, 0.5) is 13.2 Å². The summed E-state index contributed by atoms with van der Waals surface area (Å²) in [5, 5.41) is 19.2. The Morgan fingerprint density at radius 3 is 2.50 bits per heavy atom. The minimum atomic E-state index is -5.00. The summed E-state index contributed by atoms with van der Waals surface area (Å²) >= 11 is 0. The van der Waals surface area contributed by atoms with Crippen LogP contribution in [0, 0.1) is 11.3 Å². The minimum absolute atomic E-state index is 0.370. The lowest BCUT2D eigenvalue weighted by molar-refractivity contribution is -0.262. The van der Waals surface area contributed by atoms with E-state index < -0.39 is 29.6 Å². The van der Waals surface area contributed by atoms with Gasteiger partial charge >= 0.3 is 6.18 Å². The first-order chi connectivity index (χ1) is 9.33. The molecule has 0 fully saturated rings. The Morgan fingerprint density at radius 1 is 1.30 bits per heavy atom. The number of benzene rings is 1. The molecule has 4 nitrogen and oxygen atoms in total. The van der Waals surface area contributed by atoms with Crippen LogP contribution >= 0.6 is 0 Å². The number of hydrogen-bond donors (Lipinski definition) is 2. The molecule has 1 atom stereocenters. The maximum Gasteiger partial charge on any atom is 0.422 e. The number of halogens is 3. The molecule has 0 saturated heterocycles. The van der Waals surface area contributed by atoms with Gasteiger partial charge in [0.2, 0.25) is 5.60 Å². The Bertz CT molecular complexity index is 693. The van der Waals surface area contributed by atoms with E-state index in [9.17, 15) is 18.3 Å². The number of nitrogens with two attached hydrogens (primary N) is 1. The zero-order valence-corrected chi connectivity index (χ0v) is 10.1. The van der Waals surface area contributed by atoms with Gasteiger partial charge < -0.3 is 10.8 Å². The predicted molar refractivity (Wildman–Crippen MR) is 65.5 cm³/mol. The number of nitrogens with zero attached hydrogens (tertiary/aromatic N) is 2. The van der Waals surface area contributed by atoms with Crippen LogP contribution in [0.15, 0.2) is 30.3 Å². The molecule has 3 N–H and O–H groups in total. The summed E-state index contributed by atoms with van der Waals surface area (Å²) in [6.07, 6.45) is -5.00. The SMILES string of the molecule is N#Cc1nc2ccccc2cc1C(O)(CN)C(F)(F)F. The van der Waals surface area contributed by atoms with Crippen LogP contribution in [0.1, 0.15) is 11.3 Å². The highest BCUT2D eigenvalue weighted by Gasteiger charge is 2.55. The van der Waals surface area contributed by atoms with E-state index in [1.807, 2.05) is 0 Å². The van der Waals surface area contributed by atoms with Crippen molar-refractivity contribution in [3.8, 4) is 6.07 Å². The fourth-order valence-electron chi connectivity index (χ4n) is 1.89. The molecule has 104 valence electrons. The number of fused-ring (bicyclic) bond motifs is 1. The topological polar surface area (TPSA) is 82.9 Å². The smallest absolute Gasteiger partial charge is 0.375 e. The lowest BCUT2D eigenvalue weighted by Gasteiger charge is -2.30. The zero-order chi connectivity index (χ0) is 15.0. The van der Waals surface area contributed by atoms with Gasteiger partial charge in [-0.3, -0.25) is 0 Å². The number of aromatic nitrogens is 1. The molecule has 0 saturated carbocycles. The number of aliphatic hydroxyl groups is 1. The largest absolute Gasteiger partial charge is 0.422 e. The second-order valence-electron chi connectivity index (χ2n) is 4.25. The molecule has 1 unspecified atom stereocenters. The van der Waals surface area contributed by atoms with Crippen LogP contribution in [0.25, 0.3) is 10.9 Å². The van der Waals surface area contributed by atoms with Crippen molar-refractivity contribution in [1.82, 2.24) is 4.98 Å². The van der Waals surface area contributed by atoms with Crippen LogP contribution in [-0.2, 0) is 5.60 Å². The summed E-state index contributed by atoms with van der Waals surface area (Å²) in [7, 11) is 0. The van der Waals surface area contributed by atoms with Crippen molar-refractivity contribution in [1.29, 1.82) is 5.26 Å². The summed E-state index contributed by atoms with van der Waals surface area (Å²) in [4.78, 5) is 3.84. The minimum Gasteiger partial charge on any atom is -0.375 e. The average Bonchev–Trinajstić information content (AvgIpc) is 2.43. The van der Waals surface area contributed by atoms with Gasteiger partial charge in [0.15, 0.2) is 0 Å². The van der Waals surface area contributed by atoms with E-state index in [-0.39, 0.29) is 0 Å². The van der Waals surface area contributed by atoms with Crippen LogP contribution in [0.5, 0.6) is 0 Å². The van der Waals surface area contributed by atoms with Gasteiger partial charge in [-0.05, 0) is 12.1 Å². The molecule has 0 aliphatic heterocycles. The Kier molecular flexibility index (Phi) is 3.38. The summed E-state index contributed by atoms with van der Waals surface area (Å²) in [6.45, 7) is -1.09. The van der Waals surface area contributed by atoms with Crippen molar-refractivity contribution in [3.63, 3.8) is 0 Å². The summed E-state index contributed by atoms with van der Waals surface area (Å²) in [5.74, 6) is 0. The molecule has 0 amide bonds. The maximum absolute atomic E-state index is 13.0. The average molecular weight is 281 g/mol. The second kappa shape index (κ2) is 4.74. The Hall–Kier alpha value is -2.17. The number of para-hydroxylation sites is 1. The van der Waals surface area contributed by atoms with Crippen LogP contribution in [0.3, 0.4) is 0 Å². The van der Waals surface area contributed by atoms with E-state index >= 15 is 0 Å². The van der Waals surface area contributed by atoms with Gasteiger partial charge in [0.1, 0.15) is 11.8 Å². The van der Waals surface area contributed by atoms with E-state index in [0.29, 0.717) is 10.9 Å². The number of nitriles is 1. The standard InChI is InChI=1S/C13H10F3N3O/c14-13(15,16)12(20,7-18)9-5-8-3-1-2-4-10(8)19-11(9)6-17/h1-5,20H,7,18H2. The summed E-state index contributed by atoms with van der Waals surface area (Å²) < 4.78 is 39.1. The van der Waals surface area contributed by atoms with E-state index in [1.165, 1.54) is 0 Å². The second-order valence-corrected chi connectivity index (χ2v) is 4.25. The normalized spacial score (nSPS) is 14.8. The Labute approximate surface area is 112 Å². The summed E-state index contributed by atoms with van der Waals surface area (Å²) in [5.41, 5.74) is 1.04. The van der Waals surface area contributed by atoms with E-state index in [0.717, 1.165) is 6.07 Å². The molecule has 2 rings (SSSR count). The third kappa shape index (κ3) is 2.09. The first-order valence-electron chi connectivity index (χ1n) is 5.63. The van der Waals surface area contributed by atoms with Gasteiger partial charge in [-0.25, -0.2) is 4.98 Å². The molecule has 0 aliphatic carbocycles. The monoisotopic (exact) mass is 281 g/mol. The fourth-order valence-corrected chi connectivity index (χ4v) is 1.89. The highest BCUT2D eigenvalue weighted by molar-refractivity contribution is 5.80. The molecule has 2 aromatic rings. The first-order valence-corrected chi connectivity index (χ1v) is 5.63. The van der Waals surface area contributed by atoms with Crippen molar-refractivity contribution < 1.29 is 18.3 Å². The predicted octanol–water partition coefficient (Wildman–Crippen LogP) is 1.82. The molecular weight excluding hydrogens is 271 g/mol. The van der Waals surface area contributed by atoms with Gasteiger partial charge in [0, 0.05) is 17.5 Å². The Balaban J connectivity index is 2.79. The molecule has 20 heavy (non-hydrogen) atoms. The van der Waals surface area contributed by atoms with Gasteiger partial charge in [0.25, 0.3) is 0 Å². The highest BCUT2D eigenvalue weighted by atomic mass is 19.4. The zero-order valence-electron chi connectivity index (χ0n) is 10.1. The third-order valence-electron chi connectivity index (χ3n) is 3.04. The molecule has 1 heterocycles. The highest BCUT2D eigenvalue weighted by Crippen LogP contribution is 2.40. The van der Waals surface area contributed by atoms with Crippen molar-refractivity contribution in [2.45, 2.75) is 11.8 Å². The van der Waals surface area contributed by atoms with Crippen molar-refractivity contribution in [2.24, 2.45) is 5.73 Å². The van der Waals surface area contributed by atoms with Gasteiger partial charge in [-0.2, -0.15) is 18.4 Å². The number of alkyl halides is 3. The molecule has 1 aromatic heterocycles. The fraction of sp³-hybridized carbons (Fsp3) is 0.231. The molecule has 0 spiro atoms. The van der Waals surface area contributed by atoms with Crippen molar-refractivity contribution in [3.05, 3.63) is 41.6 Å². The van der Waals surface area contributed by atoms with Crippen molar-refractivity contribution in [2.75, 3.05) is 6.54 Å². The third-order valence-corrected chi connectivity index (χ3v) is 3.04. The van der Waals surface area contributed by atoms with Gasteiger partial charge in [-0.15, -0.1) is 0 Å².